The number of likely N-dealkylation sites (tertiary alicyclic amines) is 1. The number of fused-ring (bicyclic) bond motifs is 1. The van der Waals surface area contributed by atoms with Gasteiger partial charge in [0.2, 0.25) is 0 Å². The molecule has 0 aromatic heterocycles. The van der Waals surface area contributed by atoms with Gasteiger partial charge in [-0.15, -0.1) is 0 Å². The summed E-state index contributed by atoms with van der Waals surface area (Å²) < 4.78 is 12.7. The lowest BCUT2D eigenvalue weighted by Crippen LogP contribution is -2.74. The molecule has 2 saturated carbocycles. The molecule has 3 atom stereocenters. The molecule has 1 heterocycles. The lowest BCUT2D eigenvalue weighted by atomic mass is 9.49. The Labute approximate surface area is 179 Å². The molecule has 3 fully saturated rings. The summed E-state index contributed by atoms with van der Waals surface area (Å²) in [6.07, 6.45) is 8.30. The Hall–Kier alpha value is -1.59. The number of Topliss-reactive ketones (excluding diaryl/α,β-unsaturated/α-hetero) is 1. The number of benzene rings is 1. The average molecular weight is 414 g/mol. The number of methoxy groups -OCH3 is 1. The molecule has 164 valence electrons. The number of rotatable bonds is 7. The lowest BCUT2D eigenvalue weighted by Gasteiger charge is -2.65. The fraction of sp³-hybridized carbons (Fsp3) is 0.720. The van der Waals surface area contributed by atoms with Crippen LogP contribution in [-0.2, 0) is 21.4 Å². The van der Waals surface area contributed by atoms with Crippen molar-refractivity contribution >= 4 is 5.78 Å². The topological polar surface area (TPSA) is 59.0 Å². The van der Waals surface area contributed by atoms with Crippen LogP contribution in [0.5, 0.6) is 11.5 Å². The fourth-order valence-electron chi connectivity index (χ4n) is 6.69. The zero-order valence-electron chi connectivity index (χ0n) is 18.4. The molecule has 1 N–H and O–H groups in total. The number of piperidine rings is 1. The van der Waals surface area contributed by atoms with Crippen LogP contribution in [0.2, 0.25) is 0 Å². The summed E-state index contributed by atoms with van der Waals surface area (Å²) in [7, 11) is 1.84. The third kappa shape index (κ3) is 2.92. The Morgan fingerprint density at radius 1 is 1.27 bits per heavy atom. The fourth-order valence-corrected chi connectivity index (χ4v) is 6.69. The number of carbonyl (C=O) groups excluding carboxylic acids is 1. The first-order valence-corrected chi connectivity index (χ1v) is 11.8. The van der Waals surface area contributed by atoms with E-state index in [9.17, 15) is 9.90 Å². The molecule has 3 aliphatic carbocycles. The van der Waals surface area contributed by atoms with E-state index in [0.29, 0.717) is 31.0 Å². The van der Waals surface area contributed by atoms with Crippen molar-refractivity contribution in [3.05, 3.63) is 23.3 Å². The van der Waals surface area contributed by atoms with E-state index in [1.807, 2.05) is 7.11 Å². The first kappa shape index (κ1) is 20.3. The number of hydrogen-bond acceptors (Lipinski definition) is 5. The molecule has 2 unspecified atom stereocenters. The molecule has 1 aromatic rings. The number of ketones is 1. The van der Waals surface area contributed by atoms with E-state index < -0.39 is 11.0 Å². The van der Waals surface area contributed by atoms with Gasteiger partial charge in [-0.1, -0.05) is 19.4 Å². The maximum absolute atomic E-state index is 12.8. The summed E-state index contributed by atoms with van der Waals surface area (Å²) in [5, 5.41) is 10.8. The molecule has 5 rings (SSSR count). The van der Waals surface area contributed by atoms with Crippen LogP contribution < -0.4 is 4.74 Å². The molecule has 0 radical (unpaired) electrons. The molecule has 0 amide bonds. The normalized spacial score (nSPS) is 33.1. The third-order valence-corrected chi connectivity index (χ3v) is 8.30. The summed E-state index contributed by atoms with van der Waals surface area (Å²) in [6.45, 7) is 4.86. The van der Waals surface area contributed by atoms with Gasteiger partial charge in [-0.05, 0) is 62.6 Å². The second-order valence-electron chi connectivity index (χ2n) is 9.95. The van der Waals surface area contributed by atoms with Gasteiger partial charge in [0.25, 0.3) is 0 Å². The third-order valence-electron chi connectivity index (χ3n) is 8.30. The smallest absolute Gasteiger partial charge is 0.165 e. The first-order chi connectivity index (χ1) is 14.5. The highest BCUT2D eigenvalue weighted by Crippen LogP contribution is 2.62. The van der Waals surface area contributed by atoms with Gasteiger partial charge in [-0.2, -0.15) is 0 Å². The number of phenolic OH excluding ortho intramolecular Hbond substituents is 1. The van der Waals surface area contributed by atoms with Crippen LogP contribution in [0.25, 0.3) is 0 Å². The van der Waals surface area contributed by atoms with Gasteiger partial charge < -0.3 is 14.6 Å². The zero-order chi connectivity index (χ0) is 20.9. The van der Waals surface area contributed by atoms with E-state index >= 15 is 0 Å². The van der Waals surface area contributed by atoms with Gasteiger partial charge >= 0.3 is 0 Å². The molecule has 5 nitrogen and oxygen atoms in total. The number of ether oxygens (including phenoxy) is 2. The van der Waals surface area contributed by atoms with Crippen LogP contribution in [0.3, 0.4) is 0 Å². The molecule has 2 bridgehead atoms. The van der Waals surface area contributed by atoms with Crippen molar-refractivity contribution in [2.24, 2.45) is 5.92 Å². The number of unbranched alkanes of at least 4 members (excludes halogenated alkanes) is 1. The monoisotopic (exact) mass is 413 g/mol. The minimum Gasteiger partial charge on any atom is -0.504 e. The van der Waals surface area contributed by atoms with E-state index in [1.165, 1.54) is 18.4 Å². The average Bonchev–Trinajstić information content (AvgIpc) is 3.55. The van der Waals surface area contributed by atoms with Crippen LogP contribution in [0.4, 0.5) is 0 Å². The van der Waals surface area contributed by atoms with Crippen LogP contribution in [0.1, 0.15) is 69.4 Å². The van der Waals surface area contributed by atoms with Crippen molar-refractivity contribution in [3.8, 4) is 11.5 Å². The van der Waals surface area contributed by atoms with Crippen molar-refractivity contribution in [2.75, 3.05) is 26.8 Å². The van der Waals surface area contributed by atoms with Gasteiger partial charge in [0, 0.05) is 43.5 Å². The zero-order valence-corrected chi connectivity index (χ0v) is 18.4. The van der Waals surface area contributed by atoms with E-state index in [0.717, 1.165) is 56.7 Å². The Kier molecular flexibility index (Phi) is 5.10. The highest BCUT2D eigenvalue weighted by Gasteiger charge is 2.67. The van der Waals surface area contributed by atoms with Crippen LogP contribution in [-0.4, -0.2) is 54.2 Å². The first-order valence-electron chi connectivity index (χ1n) is 11.8. The van der Waals surface area contributed by atoms with Gasteiger partial charge in [0.1, 0.15) is 5.78 Å². The molecular formula is C25H35NO4. The minimum absolute atomic E-state index is 0.195. The van der Waals surface area contributed by atoms with Crippen molar-refractivity contribution < 1.29 is 19.4 Å². The van der Waals surface area contributed by atoms with Gasteiger partial charge in [0.15, 0.2) is 11.5 Å². The molecule has 0 spiro atoms. The van der Waals surface area contributed by atoms with E-state index in [4.69, 9.17) is 9.47 Å². The maximum atomic E-state index is 12.8. The van der Waals surface area contributed by atoms with Crippen LogP contribution in [0, 0.1) is 5.92 Å². The molecule has 1 saturated heterocycles. The summed E-state index contributed by atoms with van der Waals surface area (Å²) >= 11 is 0. The predicted molar refractivity (Wildman–Crippen MR) is 115 cm³/mol. The van der Waals surface area contributed by atoms with Crippen molar-refractivity contribution in [2.45, 2.75) is 81.8 Å². The molecule has 30 heavy (non-hydrogen) atoms. The Balaban J connectivity index is 1.65. The van der Waals surface area contributed by atoms with E-state index in [-0.39, 0.29) is 11.8 Å². The summed E-state index contributed by atoms with van der Waals surface area (Å²) in [5.74, 6) is 1.94. The van der Waals surface area contributed by atoms with Gasteiger partial charge in [0.05, 0.1) is 12.2 Å². The molecule has 4 aliphatic rings. The summed E-state index contributed by atoms with van der Waals surface area (Å²) in [5.41, 5.74) is 1.50. The molecule has 1 aromatic carbocycles. The highest BCUT2D eigenvalue weighted by molar-refractivity contribution is 5.83. The SMILES string of the molecule is CCCCOc1c(O)ccc2c1C13CCN(CC4CC4)C(C2)[C@]1(OC)CCC(=O)C3. The Morgan fingerprint density at radius 2 is 2.10 bits per heavy atom. The summed E-state index contributed by atoms with van der Waals surface area (Å²) in [4.78, 5) is 15.5. The Morgan fingerprint density at radius 3 is 2.83 bits per heavy atom. The number of aromatic hydroxyl groups is 1. The number of phenols is 1. The molecular weight excluding hydrogens is 378 g/mol. The van der Waals surface area contributed by atoms with E-state index in [1.54, 1.807) is 6.07 Å². The largest absolute Gasteiger partial charge is 0.504 e. The second-order valence-corrected chi connectivity index (χ2v) is 9.95. The van der Waals surface area contributed by atoms with Crippen molar-refractivity contribution in [1.29, 1.82) is 0 Å². The summed E-state index contributed by atoms with van der Waals surface area (Å²) in [6, 6.07) is 4.12. The number of nitrogens with zero attached hydrogens (tertiary/aromatic N) is 1. The van der Waals surface area contributed by atoms with Crippen molar-refractivity contribution in [1.82, 2.24) is 4.90 Å². The molecule has 5 heteroatoms. The lowest BCUT2D eigenvalue weighted by molar-refractivity contribution is -0.188. The quantitative estimate of drug-likeness (QED) is 0.685. The molecule has 1 aliphatic heterocycles. The van der Waals surface area contributed by atoms with Crippen LogP contribution in [0.15, 0.2) is 12.1 Å². The van der Waals surface area contributed by atoms with E-state index in [2.05, 4.69) is 17.9 Å². The number of carbonyl (C=O) groups is 1. The maximum Gasteiger partial charge on any atom is 0.165 e. The second kappa shape index (κ2) is 7.52. The van der Waals surface area contributed by atoms with Gasteiger partial charge in [-0.3, -0.25) is 9.69 Å². The van der Waals surface area contributed by atoms with Crippen molar-refractivity contribution in [3.63, 3.8) is 0 Å². The standard InChI is InChI=1S/C25H35NO4/c1-3-4-13-30-23-20(28)8-7-18-14-21-25(29-2)10-9-19(27)15-24(25,22(18)23)11-12-26(21)16-17-5-6-17/h7-8,17,21,28H,3-6,9-16H2,1-2H3/t21?,24?,25-/m1/s1. The predicted octanol–water partition coefficient (Wildman–Crippen LogP) is 3.99. The van der Waals surface area contributed by atoms with Gasteiger partial charge in [-0.25, -0.2) is 0 Å². The minimum atomic E-state index is -0.407. The Bertz CT molecular complexity index is 835. The number of hydrogen-bond donors (Lipinski definition) is 1. The highest BCUT2D eigenvalue weighted by atomic mass is 16.5. The van der Waals surface area contributed by atoms with Crippen LogP contribution >= 0.6 is 0 Å².